The molecule has 1 aromatic heterocycles. The van der Waals surface area contributed by atoms with Crippen molar-refractivity contribution < 1.29 is 18.7 Å². The molecule has 0 spiro atoms. The van der Waals surface area contributed by atoms with Gasteiger partial charge in [0.25, 0.3) is 0 Å². The molecular formula is C11H15NO4. The van der Waals surface area contributed by atoms with Crippen molar-refractivity contribution in [1.82, 2.24) is 5.32 Å². The third-order valence-corrected chi connectivity index (χ3v) is 2.42. The fourth-order valence-electron chi connectivity index (χ4n) is 1.75. The van der Waals surface area contributed by atoms with Crippen LogP contribution < -0.4 is 5.32 Å². The lowest BCUT2D eigenvalue weighted by molar-refractivity contribution is -0.186. The number of rotatable bonds is 4. The minimum atomic E-state index is -1.04. The van der Waals surface area contributed by atoms with Gasteiger partial charge < -0.3 is 19.2 Å². The van der Waals surface area contributed by atoms with Crippen molar-refractivity contribution in [2.24, 2.45) is 0 Å². The molecular weight excluding hydrogens is 210 g/mol. The van der Waals surface area contributed by atoms with E-state index in [1.807, 2.05) is 6.92 Å². The summed E-state index contributed by atoms with van der Waals surface area (Å²) in [5.41, 5.74) is 0. The molecule has 16 heavy (non-hydrogen) atoms. The van der Waals surface area contributed by atoms with Gasteiger partial charge in [0.2, 0.25) is 11.7 Å². The minimum Gasteiger partial charge on any atom is -0.464 e. The Labute approximate surface area is 93.7 Å². The van der Waals surface area contributed by atoms with Gasteiger partial charge in [0, 0.05) is 6.54 Å². The van der Waals surface area contributed by atoms with Crippen LogP contribution in [0.15, 0.2) is 22.8 Å². The lowest BCUT2D eigenvalue weighted by Crippen LogP contribution is -2.35. The summed E-state index contributed by atoms with van der Waals surface area (Å²) in [6, 6.07) is 3.50. The van der Waals surface area contributed by atoms with E-state index in [9.17, 15) is 4.79 Å². The fraction of sp³-hybridized carbons (Fsp3) is 0.545. The summed E-state index contributed by atoms with van der Waals surface area (Å²) in [5.74, 6) is -0.611. The van der Waals surface area contributed by atoms with Crippen LogP contribution in [-0.2, 0) is 20.1 Å². The van der Waals surface area contributed by atoms with Gasteiger partial charge in [-0.05, 0) is 19.1 Å². The molecule has 0 aliphatic carbocycles. The van der Waals surface area contributed by atoms with E-state index in [1.165, 1.54) is 0 Å². The van der Waals surface area contributed by atoms with Crippen LogP contribution >= 0.6 is 0 Å². The molecule has 1 saturated heterocycles. The Hall–Kier alpha value is -1.33. The average Bonchev–Trinajstić information content (AvgIpc) is 2.86. The summed E-state index contributed by atoms with van der Waals surface area (Å²) < 4.78 is 16.3. The molecule has 5 nitrogen and oxygen atoms in total. The Morgan fingerprint density at radius 2 is 2.25 bits per heavy atom. The van der Waals surface area contributed by atoms with Crippen molar-refractivity contribution in [2.45, 2.75) is 19.1 Å². The van der Waals surface area contributed by atoms with Crippen LogP contribution in [0.2, 0.25) is 0 Å². The van der Waals surface area contributed by atoms with Crippen LogP contribution in [0.1, 0.15) is 19.1 Å². The Bertz CT molecular complexity index is 341. The van der Waals surface area contributed by atoms with Crippen LogP contribution in [0.5, 0.6) is 0 Å². The zero-order valence-corrected chi connectivity index (χ0v) is 9.19. The molecule has 0 saturated carbocycles. The van der Waals surface area contributed by atoms with Gasteiger partial charge in [0.05, 0.1) is 25.9 Å². The highest BCUT2D eigenvalue weighted by atomic mass is 16.7. The molecule has 1 aliphatic rings. The Morgan fingerprint density at radius 1 is 1.50 bits per heavy atom. The highest BCUT2D eigenvalue weighted by Crippen LogP contribution is 2.34. The molecule has 1 fully saturated rings. The van der Waals surface area contributed by atoms with Crippen molar-refractivity contribution in [3.05, 3.63) is 24.2 Å². The number of hydrogen-bond donors (Lipinski definition) is 1. The van der Waals surface area contributed by atoms with Gasteiger partial charge in [-0.1, -0.05) is 0 Å². The van der Waals surface area contributed by atoms with Crippen molar-refractivity contribution in [1.29, 1.82) is 0 Å². The maximum atomic E-state index is 11.6. The normalized spacial score (nSPS) is 18.6. The number of ether oxygens (including phenoxy) is 2. The quantitative estimate of drug-likeness (QED) is 0.830. The Balaban J connectivity index is 2.13. The summed E-state index contributed by atoms with van der Waals surface area (Å²) in [5, 5.41) is 2.72. The van der Waals surface area contributed by atoms with Gasteiger partial charge in [-0.3, -0.25) is 4.79 Å². The monoisotopic (exact) mass is 225 g/mol. The first-order valence-corrected chi connectivity index (χ1v) is 5.35. The minimum absolute atomic E-state index is 0.110. The first-order chi connectivity index (χ1) is 7.77. The van der Waals surface area contributed by atoms with Gasteiger partial charge in [-0.25, -0.2) is 0 Å². The molecule has 0 aromatic carbocycles. The molecule has 1 amide bonds. The van der Waals surface area contributed by atoms with E-state index in [1.54, 1.807) is 18.4 Å². The van der Waals surface area contributed by atoms with Crippen molar-refractivity contribution >= 4 is 5.91 Å². The molecule has 2 rings (SSSR count). The second-order valence-corrected chi connectivity index (χ2v) is 3.56. The summed E-state index contributed by atoms with van der Waals surface area (Å²) >= 11 is 0. The average molecular weight is 225 g/mol. The number of nitrogens with one attached hydrogen (secondary N) is 1. The van der Waals surface area contributed by atoms with E-state index < -0.39 is 5.79 Å². The standard InChI is InChI=1S/C11H15NO4/c1-2-12-10(13)8-11(15-6-7-16-11)9-4-3-5-14-9/h3-5H,2,6-8H2,1H3,(H,12,13). The van der Waals surface area contributed by atoms with E-state index in [4.69, 9.17) is 13.9 Å². The summed E-state index contributed by atoms with van der Waals surface area (Å²) in [4.78, 5) is 11.6. The number of amides is 1. The van der Waals surface area contributed by atoms with Crippen LogP contribution in [-0.4, -0.2) is 25.7 Å². The molecule has 1 N–H and O–H groups in total. The lowest BCUT2D eigenvalue weighted by Gasteiger charge is -2.24. The summed E-state index contributed by atoms with van der Waals surface area (Å²) in [7, 11) is 0. The van der Waals surface area contributed by atoms with Crippen molar-refractivity contribution in [3.8, 4) is 0 Å². The second-order valence-electron chi connectivity index (χ2n) is 3.56. The lowest BCUT2D eigenvalue weighted by atomic mass is 10.1. The number of furan rings is 1. The van der Waals surface area contributed by atoms with Gasteiger partial charge >= 0.3 is 0 Å². The molecule has 0 unspecified atom stereocenters. The second kappa shape index (κ2) is 4.67. The fourth-order valence-corrected chi connectivity index (χ4v) is 1.75. The SMILES string of the molecule is CCNC(=O)CC1(c2ccco2)OCCO1. The van der Waals surface area contributed by atoms with E-state index in [-0.39, 0.29) is 12.3 Å². The topological polar surface area (TPSA) is 60.7 Å². The smallest absolute Gasteiger partial charge is 0.237 e. The Kier molecular flexibility index (Phi) is 3.26. The van der Waals surface area contributed by atoms with E-state index >= 15 is 0 Å². The molecule has 5 heteroatoms. The molecule has 1 aliphatic heterocycles. The first-order valence-electron chi connectivity index (χ1n) is 5.35. The van der Waals surface area contributed by atoms with Gasteiger partial charge in [0.15, 0.2) is 5.76 Å². The highest BCUT2D eigenvalue weighted by Gasteiger charge is 2.43. The molecule has 88 valence electrons. The van der Waals surface area contributed by atoms with Crippen LogP contribution in [0.25, 0.3) is 0 Å². The van der Waals surface area contributed by atoms with E-state index in [0.717, 1.165) is 0 Å². The van der Waals surface area contributed by atoms with Crippen LogP contribution in [0.3, 0.4) is 0 Å². The van der Waals surface area contributed by atoms with Gasteiger partial charge in [0.1, 0.15) is 0 Å². The van der Waals surface area contributed by atoms with E-state index in [0.29, 0.717) is 25.5 Å². The summed E-state index contributed by atoms with van der Waals surface area (Å²) in [6.07, 6.45) is 1.66. The highest BCUT2D eigenvalue weighted by molar-refractivity contribution is 5.76. The predicted molar refractivity (Wildman–Crippen MR) is 55.6 cm³/mol. The van der Waals surface area contributed by atoms with Crippen molar-refractivity contribution in [2.75, 3.05) is 19.8 Å². The van der Waals surface area contributed by atoms with Crippen LogP contribution in [0.4, 0.5) is 0 Å². The first kappa shape index (κ1) is 11.2. The molecule has 2 heterocycles. The third-order valence-electron chi connectivity index (χ3n) is 2.42. The maximum absolute atomic E-state index is 11.6. The number of carbonyl (C=O) groups is 1. The maximum Gasteiger partial charge on any atom is 0.237 e. The zero-order valence-electron chi connectivity index (χ0n) is 9.19. The van der Waals surface area contributed by atoms with Gasteiger partial charge in [-0.2, -0.15) is 0 Å². The largest absolute Gasteiger partial charge is 0.464 e. The molecule has 0 atom stereocenters. The van der Waals surface area contributed by atoms with Gasteiger partial charge in [-0.15, -0.1) is 0 Å². The third kappa shape index (κ3) is 2.10. The molecule has 0 radical (unpaired) electrons. The molecule has 0 bridgehead atoms. The zero-order chi connectivity index (χ0) is 11.4. The predicted octanol–water partition coefficient (Wildman–Crippen LogP) is 1.01. The number of hydrogen-bond acceptors (Lipinski definition) is 4. The summed E-state index contributed by atoms with van der Waals surface area (Å²) in [6.45, 7) is 3.40. The van der Waals surface area contributed by atoms with Crippen molar-refractivity contribution in [3.63, 3.8) is 0 Å². The Morgan fingerprint density at radius 3 is 2.81 bits per heavy atom. The molecule has 1 aromatic rings. The van der Waals surface area contributed by atoms with Crippen LogP contribution in [0, 0.1) is 0 Å². The van der Waals surface area contributed by atoms with E-state index in [2.05, 4.69) is 5.32 Å². The number of carbonyl (C=O) groups excluding carboxylic acids is 1.